The Morgan fingerprint density at radius 2 is 2.27 bits per heavy atom. The second kappa shape index (κ2) is 2.80. The van der Waals surface area contributed by atoms with Crippen LogP contribution in [0.25, 0.3) is 0 Å². The molecule has 1 aliphatic carbocycles. The van der Waals surface area contributed by atoms with Crippen LogP contribution in [0.3, 0.4) is 0 Å². The maximum atomic E-state index is 13.8. The zero-order valence-electron chi connectivity index (χ0n) is 7.39. The topological polar surface area (TPSA) is 0 Å². The molecule has 0 aromatic heterocycles. The molecular formula is C10H15F. The Labute approximate surface area is 67.8 Å². The molecule has 0 aromatic carbocycles. The summed E-state index contributed by atoms with van der Waals surface area (Å²) in [5.74, 6) is 0.0162. The van der Waals surface area contributed by atoms with Crippen LogP contribution in [-0.2, 0) is 0 Å². The highest BCUT2D eigenvalue weighted by Crippen LogP contribution is 2.35. The first-order chi connectivity index (χ1) is 5.09. The van der Waals surface area contributed by atoms with Gasteiger partial charge in [-0.05, 0) is 18.9 Å². The van der Waals surface area contributed by atoms with Gasteiger partial charge in [-0.2, -0.15) is 0 Å². The summed E-state index contributed by atoms with van der Waals surface area (Å²) >= 11 is 0. The molecule has 1 rings (SSSR count). The lowest BCUT2D eigenvalue weighted by Crippen LogP contribution is -2.30. The van der Waals surface area contributed by atoms with Crippen LogP contribution < -0.4 is 0 Å². The van der Waals surface area contributed by atoms with E-state index in [0.29, 0.717) is 0 Å². The third-order valence-electron chi connectivity index (χ3n) is 2.56. The fraction of sp³-hybridized carbons (Fsp3) is 0.600. The van der Waals surface area contributed by atoms with Crippen LogP contribution >= 0.6 is 0 Å². The van der Waals surface area contributed by atoms with Crippen LogP contribution in [-0.4, -0.2) is 5.67 Å². The highest BCUT2D eigenvalue weighted by Gasteiger charge is 2.33. The standard InChI is InChI=1S/C10H15F/c1-4-9-7-5-6-8(2)10(9,3)11/h5-8H,4H2,1-3H3. The first-order valence-corrected chi connectivity index (χ1v) is 4.15. The third kappa shape index (κ3) is 1.37. The van der Waals surface area contributed by atoms with Crippen molar-refractivity contribution in [3.8, 4) is 0 Å². The van der Waals surface area contributed by atoms with Crippen molar-refractivity contribution in [3.05, 3.63) is 23.8 Å². The van der Waals surface area contributed by atoms with Crippen molar-refractivity contribution in [3.63, 3.8) is 0 Å². The van der Waals surface area contributed by atoms with E-state index in [4.69, 9.17) is 0 Å². The van der Waals surface area contributed by atoms with Crippen molar-refractivity contribution in [1.82, 2.24) is 0 Å². The lowest BCUT2D eigenvalue weighted by atomic mass is 9.81. The first kappa shape index (κ1) is 8.51. The molecule has 0 amide bonds. The largest absolute Gasteiger partial charge is 0.239 e. The molecule has 0 fully saturated rings. The minimum Gasteiger partial charge on any atom is -0.239 e. The van der Waals surface area contributed by atoms with Crippen molar-refractivity contribution >= 4 is 0 Å². The number of rotatable bonds is 1. The fourth-order valence-corrected chi connectivity index (χ4v) is 1.44. The maximum Gasteiger partial charge on any atom is 0.135 e. The van der Waals surface area contributed by atoms with Gasteiger partial charge in [0.2, 0.25) is 0 Å². The van der Waals surface area contributed by atoms with E-state index in [9.17, 15) is 4.39 Å². The van der Waals surface area contributed by atoms with E-state index in [-0.39, 0.29) is 5.92 Å². The first-order valence-electron chi connectivity index (χ1n) is 4.15. The Morgan fingerprint density at radius 3 is 2.73 bits per heavy atom. The molecule has 2 unspecified atom stereocenters. The smallest absolute Gasteiger partial charge is 0.135 e. The Balaban J connectivity index is 2.92. The maximum absolute atomic E-state index is 13.8. The van der Waals surface area contributed by atoms with Crippen LogP contribution in [0, 0.1) is 5.92 Å². The van der Waals surface area contributed by atoms with Gasteiger partial charge < -0.3 is 0 Å². The number of hydrogen-bond acceptors (Lipinski definition) is 0. The normalized spacial score (nSPS) is 37.1. The average Bonchev–Trinajstić information content (AvgIpc) is 1.95. The van der Waals surface area contributed by atoms with Gasteiger partial charge in [0.15, 0.2) is 0 Å². The van der Waals surface area contributed by atoms with E-state index in [1.54, 1.807) is 6.92 Å². The van der Waals surface area contributed by atoms with Crippen molar-refractivity contribution in [1.29, 1.82) is 0 Å². The second-order valence-electron chi connectivity index (χ2n) is 3.29. The minimum atomic E-state index is -1.12. The Morgan fingerprint density at radius 1 is 1.64 bits per heavy atom. The highest BCUT2D eigenvalue weighted by molar-refractivity contribution is 5.29. The predicted octanol–water partition coefficient (Wildman–Crippen LogP) is 3.26. The van der Waals surface area contributed by atoms with Crippen LogP contribution in [0.1, 0.15) is 27.2 Å². The van der Waals surface area contributed by atoms with E-state index in [1.165, 1.54) is 0 Å². The zero-order chi connectivity index (χ0) is 8.48. The molecule has 0 aromatic rings. The molecule has 0 saturated heterocycles. The minimum absolute atomic E-state index is 0.0162. The van der Waals surface area contributed by atoms with E-state index in [0.717, 1.165) is 12.0 Å². The molecule has 0 radical (unpaired) electrons. The van der Waals surface area contributed by atoms with Gasteiger partial charge >= 0.3 is 0 Å². The Hall–Kier alpha value is -0.590. The molecule has 62 valence electrons. The van der Waals surface area contributed by atoms with Gasteiger partial charge in [0.05, 0.1) is 0 Å². The number of allylic oxidation sites excluding steroid dienone is 4. The summed E-state index contributed by atoms with van der Waals surface area (Å²) in [4.78, 5) is 0. The Bertz CT molecular complexity index is 199. The second-order valence-corrected chi connectivity index (χ2v) is 3.29. The lowest BCUT2D eigenvalue weighted by molar-refractivity contribution is 0.179. The van der Waals surface area contributed by atoms with Gasteiger partial charge in [0, 0.05) is 5.92 Å². The predicted molar refractivity (Wildman–Crippen MR) is 46.2 cm³/mol. The molecule has 1 heteroatoms. The average molecular weight is 154 g/mol. The van der Waals surface area contributed by atoms with Crippen molar-refractivity contribution in [2.45, 2.75) is 32.9 Å². The highest BCUT2D eigenvalue weighted by atomic mass is 19.1. The van der Waals surface area contributed by atoms with Crippen molar-refractivity contribution in [2.24, 2.45) is 5.92 Å². The quantitative estimate of drug-likeness (QED) is 0.544. The van der Waals surface area contributed by atoms with Crippen molar-refractivity contribution in [2.75, 3.05) is 0 Å². The third-order valence-corrected chi connectivity index (χ3v) is 2.56. The van der Waals surface area contributed by atoms with Gasteiger partial charge in [-0.1, -0.05) is 32.1 Å². The van der Waals surface area contributed by atoms with Gasteiger partial charge in [0.25, 0.3) is 0 Å². The molecular weight excluding hydrogens is 139 g/mol. The molecule has 2 atom stereocenters. The molecule has 1 aliphatic rings. The van der Waals surface area contributed by atoms with E-state index >= 15 is 0 Å². The molecule has 0 heterocycles. The van der Waals surface area contributed by atoms with E-state index in [2.05, 4.69) is 0 Å². The van der Waals surface area contributed by atoms with Crippen LogP contribution in [0.5, 0.6) is 0 Å². The summed E-state index contributed by atoms with van der Waals surface area (Å²) in [5, 5.41) is 0. The summed E-state index contributed by atoms with van der Waals surface area (Å²) in [5.41, 5.74) is -0.212. The van der Waals surface area contributed by atoms with Crippen LogP contribution in [0.4, 0.5) is 4.39 Å². The summed E-state index contributed by atoms with van der Waals surface area (Å²) in [7, 11) is 0. The van der Waals surface area contributed by atoms with Gasteiger partial charge in [-0.25, -0.2) is 4.39 Å². The monoisotopic (exact) mass is 154 g/mol. The number of alkyl halides is 1. The molecule has 0 saturated carbocycles. The molecule has 0 N–H and O–H groups in total. The summed E-state index contributed by atoms with van der Waals surface area (Å²) < 4.78 is 13.8. The summed E-state index contributed by atoms with van der Waals surface area (Å²) in [6, 6.07) is 0. The Kier molecular flexibility index (Phi) is 2.17. The number of halogens is 1. The van der Waals surface area contributed by atoms with E-state index < -0.39 is 5.67 Å². The fourth-order valence-electron chi connectivity index (χ4n) is 1.44. The lowest BCUT2D eigenvalue weighted by Gasteiger charge is -2.30. The summed E-state index contributed by atoms with van der Waals surface area (Å²) in [6.07, 6.45) is 6.56. The number of hydrogen-bond donors (Lipinski definition) is 0. The van der Waals surface area contributed by atoms with Crippen LogP contribution in [0.2, 0.25) is 0 Å². The molecule has 11 heavy (non-hydrogen) atoms. The van der Waals surface area contributed by atoms with Gasteiger partial charge in [-0.3, -0.25) is 0 Å². The molecule has 0 aliphatic heterocycles. The molecule has 0 nitrogen and oxygen atoms in total. The van der Waals surface area contributed by atoms with Crippen molar-refractivity contribution < 1.29 is 4.39 Å². The molecule has 0 spiro atoms. The SMILES string of the molecule is CCC1=CC=CC(C)C1(C)F. The van der Waals surface area contributed by atoms with Gasteiger partial charge in [0.1, 0.15) is 5.67 Å². The van der Waals surface area contributed by atoms with Gasteiger partial charge in [-0.15, -0.1) is 0 Å². The summed E-state index contributed by atoms with van der Waals surface area (Å²) in [6.45, 7) is 5.57. The molecule has 0 bridgehead atoms. The van der Waals surface area contributed by atoms with E-state index in [1.807, 2.05) is 32.1 Å². The zero-order valence-corrected chi connectivity index (χ0v) is 7.39. The van der Waals surface area contributed by atoms with Crippen LogP contribution in [0.15, 0.2) is 23.8 Å².